The third-order valence-electron chi connectivity index (χ3n) is 5.73. The molecule has 0 aromatic heterocycles. The van der Waals surface area contributed by atoms with Crippen molar-refractivity contribution in [1.29, 1.82) is 0 Å². The summed E-state index contributed by atoms with van der Waals surface area (Å²) in [6, 6.07) is 8.49. The average Bonchev–Trinajstić information content (AvgIpc) is 3.16. The van der Waals surface area contributed by atoms with Crippen molar-refractivity contribution in [2.75, 3.05) is 27.4 Å². The minimum Gasteiger partial charge on any atom is -0.453 e. The van der Waals surface area contributed by atoms with Crippen molar-refractivity contribution in [3.8, 4) is 0 Å². The molecule has 0 saturated carbocycles. The van der Waals surface area contributed by atoms with Crippen molar-refractivity contribution in [1.82, 2.24) is 5.32 Å². The number of alkyl carbamates (subject to hydrolysis) is 1. The van der Waals surface area contributed by atoms with Crippen LogP contribution in [-0.4, -0.2) is 68.8 Å². The van der Waals surface area contributed by atoms with E-state index in [0.29, 0.717) is 5.56 Å². The zero-order chi connectivity index (χ0) is 22.0. The Morgan fingerprint density at radius 1 is 1.23 bits per heavy atom. The van der Waals surface area contributed by atoms with Gasteiger partial charge in [0.2, 0.25) is 11.6 Å². The highest BCUT2D eigenvalue weighted by Gasteiger charge is 2.59. The van der Waals surface area contributed by atoms with Gasteiger partial charge in [-0.25, -0.2) is 9.59 Å². The van der Waals surface area contributed by atoms with Gasteiger partial charge in [-0.05, 0) is 26.0 Å². The maximum absolute atomic E-state index is 12.8. The number of ether oxygens (including phenoxy) is 6. The first-order chi connectivity index (χ1) is 14.2. The Labute approximate surface area is 175 Å². The Bertz CT molecular complexity index is 801. The molecule has 1 amide bonds. The van der Waals surface area contributed by atoms with Crippen LogP contribution in [0.3, 0.4) is 0 Å². The zero-order valence-corrected chi connectivity index (χ0v) is 17.5. The minimum atomic E-state index is -1.33. The maximum Gasteiger partial charge on any atom is 0.408 e. The fourth-order valence-electron chi connectivity index (χ4n) is 3.53. The molecule has 0 aliphatic carbocycles. The Balaban J connectivity index is 1.94. The molecule has 2 saturated heterocycles. The molecular weight excluding hydrogens is 394 g/mol. The fraction of sp³-hybridized carbons (Fsp3) is 0.524. The summed E-state index contributed by atoms with van der Waals surface area (Å²) in [5, 5.41) is 2.69. The number of methoxy groups -OCH3 is 2. The third kappa shape index (κ3) is 3.81. The van der Waals surface area contributed by atoms with E-state index >= 15 is 0 Å². The number of cyclic esters (lactones) is 1. The number of carbonyl (C=O) groups excluding carboxylic acids is 2. The van der Waals surface area contributed by atoms with E-state index in [1.54, 1.807) is 44.2 Å². The summed E-state index contributed by atoms with van der Waals surface area (Å²) in [7, 11) is 2.93. The summed E-state index contributed by atoms with van der Waals surface area (Å²) in [6.07, 6.45) is -1.03. The summed E-state index contributed by atoms with van der Waals surface area (Å²) in [5.41, 5.74) is -0.870. The number of carbonyl (C=O) groups is 2. The molecule has 0 radical (unpaired) electrons. The van der Waals surface area contributed by atoms with Crippen LogP contribution < -0.4 is 5.32 Å². The fourth-order valence-corrected chi connectivity index (χ4v) is 3.53. The molecule has 1 aromatic rings. The van der Waals surface area contributed by atoms with Crippen molar-refractivity contribution in [2.24, 2.45) is 0 Å². The van der Waals surface area contributed by atoms with Crippen LogP contribution in [0.2, 0.25) is 0 Å². The number of rotatable bonds is 7. The molecule has 0 bridgehead atoms. The smallest absolute Gasteiger partial charge is 0.408 e. The predicted molar refractivity (Wildman–Crippen MR) is 105 cm³/mol. The van der Waals surface area contributed by atoms with Crippen LogP contribution in [0.4, 0.5) is 4.79 Å². The van der Waals surface area contributed by atoms with Gasteiger partial charge in [-0.15, -0.1) is 6.58 Å². The van der Waals surface area contributed by atoms with E-state index in [2.05, 4.69) is 11.9 Å². The van der Waals surface area contributed by atoms with Crippen LogP contribution in [0.1, 0.15) is 24.2 Å². The second-order valence-corrected chi connectivity index (χ2v) is 7.40. The summed E-state index contributed by atoms with van der Waals surface area (Å²) >= 11 is 0. The highest BCUT2D eigenvalue weighted by Crippen LogP contribution is 2.39. The van der Waals surface area contributed by atoms with Crippen LogP contribution in [0.15, 0.2) is 43.0 Å². The Morgan fingerprint density at radius 2 is 1.90 bits per heavy atom. The lowest BCUT2D eigenvalue weighted by atomic mass is 9.88. The quantitative estimate of drug-likeness (QED) is 0.527. The van der Waals surface area contributed by atoms with Gasteiger partial charge in [-0.3, -0.25) is 0 Å². The van der Waals surface area contributed by atoms with Gasteiger partial charge in [0, 0.05) is 14.2 Å². The number of benzene rings is 1. The Hall–Kier alpha value is -2.46. The van der Waals surface area contributed by atoms with Gasteiger partial charge < -0.3 is 33.7 Å². The monoisotopic (exact) mass is 421 g/mol. The lowest BCUT2D eigenvalue weighted by molar-refractivity contribution is -0.437. The normalized spacial score (nSPS) is 34.5. The van der Waals surface area contributed by atoms with Crippen molar-refractivity contribution < 1.29 is 38.0 Å². The lowest BCUT2D eigenvalue weighted by Gasteiger charge is -2.51. The molecule has 2 aliphatic heterocycles. The van der Waals surface area contributed by atoms with E-state index < -0.39 is 41.4 Å². The van der Waals surface area contributed by atoms with Gasteiger partial charge in [0.05, 0.1) is 12.2 Å². The van der Waals surface area contributed by atoms with E-state index in [0.717, 1.165) is 0 Å². The second-order valence-electron chi connectivity index (χ2n) is 7.40. The Kier molecular flexibility index (Phi) is 6.19. The highest BCUT2D eigenvalue weighted by atomic mass is 16.8. The summed E-state index contributed by atoms with van der Waals surface area (Å²) in [6.45, 7) is 7.06. The molecule has 5 atom stereocenters. The van der Waals surface area contributed by atoms with Crippen LogP contribution in [-0.2, 0) is 28.4 Å². The maximum atomic E-state index is 12.8. The van der Waals surface area contributed by atoms with Gasteiger partial charge in [0.25, 0.3) is 0 Å². The molecule has 30 heavy (non-hydrogen) atoms. The van der Waals surface area contributed by atoms with E-state index in [9.17, 15) is 9.59 Å². The third-order valence-corrected chi connectivity index (χ3v) is 5.73. The molecular formula is C21H27NO8. The van der Waals surface area contributed by atoms with Crippen molar-refractivity contribution in [2.45, 2.75) is 43.2 Å². The Morgan fingerprint density at radius 3 is 2.43 bits per heavy atom. The van der Waals surface area contributed by atoms with Crippen molar-refractivity contribution >= 4 is 12.1 Å². The summed E-state index contributed by atoms with van der Waals surface area (Å²) in [5.74, 6) is -3.12. The molecule has 164 valence electrons. The van der Waals surface area contributed by atoms with Gasteiger partial charge in [0.15, 0.2) is 6.10 Å². The number of hydrogen-bond donors (Lipinski definition) is 1. The lowest BCUT2D eigenvalue weighted by Crippen LogP contribution is -2.68. The number of hydrogen-bond acceptors (Lipinski definition) is 8. The first kappa shape index (κ1) is 22.2. The molecule has 2 fully saturated rings. The van der Waals surface area contributed by atoms with Gasteiger partial charge >= 0.3 is 12.1 Å². The topological polar surface area (TPSA) is 102 Å². The minimum absolute atomic E-state index is 0.00148. The second kappa shape index (κ2) is 8.35. The van der Waals surface area contributed by atoms with Gasteiger partial charge in [0.1, 0.15) is 18.2 Å². The first-order valence-electron chi connectivity index (χ1n) is 9.49. The molecule has 2 heterocycles. The number of amides is 1. The van der Waals surface area contributed by atoms with Crippen molar-refractivity contribution in [3.05, 3.63) is 48.6 Å². The number of nitrogens with one attached hydrogen (secondary N) is 1. The summed E-state index contributed by atoms with van der Waals surface area (Å²) < 4.78 is 34.1. The average molecular weight is 421 g/mol. The van der Waals surface area contributed by atoms with E-state index in [-0.39, 0.29) is 13.2 Å². The van der Waals surface area contributed by atoms with Gasteiger partial charge in [-0.1, -0.05) is 24.3 Å². The first-order valence-corrected chi connectivity index (χ1v) is 9.49. The molecule has 9 nitrogen and oxygen atoms in total. The molecule has 1 N–H and O–H groups in total. The SMILES string of the molecule is C=C[C@@]1([C@H](OC(=O)c2ccccc2)[C@H]2CO[C@@](C)(OC)[C@](C)(OC)O2)COC(=O)N1. The number of esters is 1. The van der Waals surface area contributed by atoms with Crippen molar-refractivity contribution in [3.63, 3.8) is 0 Å². The molecule has 1 aromatic carbocycles. The molecule has 9 heteroatoms. The van der Waals surface area contributed by atoms with Crippen LogP contribution in [0.25, 0.3) is 0 Å². The highest BCUT2D eigenvalue weighted by molar-refractivity contribution is 5.89. The van der Waals surface area contributed by atoms with Gasteiger partial charge in [-0.2, -0.15) is 0 Å². The van der Waals surface area contributed by atoms with E-state index in [1.807, 2.05) is 0 Å². The molecule has 0 spiro atoms. The predicted octanol–water partition coefficient (Wildman–Crippen LogP) is 2.02. The molecule has 0 unspecified atom stereocenters. The van der Waals surface area contributed by atoms with Crippen LogP contribution >= 0.6 is 0 Å². The standard InChI is InChI=1S/C21H27NO8/c1-6-21(13-27-18(24)22-21)16(29-17(23)14-10-8-7-9-11-14)15-12-28-19(2,25-4)20(3,26-5)30-15/h6-11,15-16H,1,12-13H2,2-5H3,(H,22,24)/t15-,16-,19-,20-,21+/m1/s1. The van der Waals surface area contributed by atoms with Crippen LogP contribution in [0.5, 0.6) is 0 Å². The van der Waals surface area contributed by atoms with Crippen LogP contribution in [0, 0.1) is 0 Å². The van der Waals surface area contributed by atoms with E-state index in [1.165, 1.54) is 20.3 Å². The van der Waals surface area contributed by atoms with E-state index in [4.69, 9.17) is 28.4 Å². The molecule has 3 rings (SSSR count). The zero-order valence-electron chi connectivity index (χ0n) is 17.5. The summed E-state index contributed by atoms with van der Waals surface area (Å²) in [4.78, 5) is 24.7. The largest absolute Gasteiger partial charge is 0.453 e. The molecule has 2 aliphatic rings.